The predicted molar refractivity (Wildman–Crippen MR) is 115 cm³/mol. The van der Waals surface area contributed by atoms with Gasteiger partial charge < -0.3 is 10.4 Å². The third kappa shape index (κ3) is 4.38. The van der Waals surface area contributed by atoms with Crippen LogP contribution in [-0.4, -0.2) is 15.1 Å². The second-order valence-electron chi connectivity index (χ2n) is 6.75. The first-order valence-corrected chi connectivity index (χ1v) is 9.81. The first-order valence-electron chi connectivity index (χ1n) is 9.05. The molecule has 0 fully saturated rings. The smallest absolute Gasteiger partial charge is 0.417 e. The number of phenolic OH excluding ortho intramolecular Hbond substituents is 1. The van der Waals surface area contributed by atoms with Crippen molar-refractivity contribution in [2.75, 3.05) is 5.32 Å². The minimum Gasteiger partial charge on any atom is -0.505 e. The molecule has 9 heteroatoms. The minimum atomic E-state index is -4.64. The summed E-state index contributed by atoms with van der Waals surface area (Å²) in [5, 5.41) is 14.6. The highest BCUT2D eigenvalue weighted by Crippen LogP contribution is 2.40. The summed E-state index contributed by atoms with van der Waals surface area (Å²) < 4.78 is 40.4. The van der Waals surface area contributed by atoms with Gasteiger partial charge in [-0.1, -0.05) is 47.5 Å². The molecule has 0 aliphatic heterocycles. The number of benzene rings is 2. The molecule has 0 amide bonds. The van der Waals surface area contributed by atoms with E-state index in [2.05, 4.69) is 15.3 Å². The average molecular weight is 464 g/mol. The molecule has 0 bridgehead atoms. The zero-order chi connectivity index (χ0) is 22.2. The zero-order valence-corrected chi connectivity index (χ0v) is 17.2. The Morgan fingerprint density at radius 2 is 1.74 bits per heavy atom. The molecule has 2 N–H and O–H groups in total. The lowest BCUT2D eigenvalue weighted by Gasteiger charge is -2.23. The van der Waals surface area contributed by atoms with Crippen molar-refractivity contribution in [2.24, 2.45) is 0 Å². The van der Waals surface area contributed by atoms with Gasteiger partial charge >= 0.3 is 6.18 Å². The number of hydrogen-bond acceptors (Lipinski definition) is 4. The van der Waals surface area contributed by atoms with Crippen LogP contribution in [0.15, 0.2) is 67.0 Å². The third-order valence-corrected chi connectivity index (χ3v) is 5.30. The molecule has 1 unspecified atom stereocenters. The minimum absolute atomic E-state index is 0.152. The molecule has 2 aromatic heterocycles. The number of nitrogens with zero attached hydrogens (tertiary/aromatic N) is 2. The Balaban J connectivity index is 1.90. The van der Waals surface area contributed by atoms with E-state index in [1.807, 2.05) is 0 Å². The molecule has 158 valence electrons. The number of aromatic hydroxyl groups is 1. The van der Waals surface area contributed by atoms with E-state index in [0.29, 0.717) is 27.3 Å². The summed E-state index contributed by atoms with van der Waals surface area (Å²) in [4.78, 5) is 8.36. The van der Waals surface area contributed by atoms with E-state index in [1.54, 1.807) is 30.3 Å². The van der Waals surface area contributed by atoms with Gasteiger partial charge in [0.25, 0.3) is 0 Å². The van der Waals surface area contributed by atoms with Crippen LogP contribution >= 0.6 is 23.2 Å². The molecule has 2 aromatic carbocycles. The van der Waals surface area contributed by atoms with Crippen LogP contribution in [0.3, 0.4) is 0 Å². The van der Waals surface area contributed by atoms with Crippen LogP contribution in [0.2, 0.25) is 10.0 Å². The Kier molecular flexibility index (Phi) is 5.64. The van der Waals surface area contributed by atoms with E-state index in [9.17, 15) is 18.3 Å². The van der Waals surface area contributed by atoms with E-state index in [4.69, 9.17) is 23.2 Å². The highest BCUT2D eigenvalue weighted by molar-refractivity contribution is 6.31. The fraction of sp³-hybridized carbons (Fsp3) is 0.0909. The molecule has 0 saturated carbocycles. The Hall–Kier alpha value is -3.03. The SMILES string of the molecule is Oc1c(C(Nc2cc(Cl)ccn2)c2ccc(Cl)c(C(F)(F)F)c2)ccc2cccnc12. The quantitative estimate of drug-likeness (QED) is 0.346. The fourth-order valence-corrected chi connectivity index (χ4v) is 3.67. The highest BCUT2D eigenvalue weighted by atomic mass is 35.5. The zero-order valence-electron chi connectivity index (χ0n) is 15.7. The molecular weight excluding hydrogens is 450 g/mol. The standard InChI is InChI=1S/C22H14Cl2F3N3O/c23-14-7-9-28-18(11-14)30-19(13-4-6-17(24)16(10-13)22(25,26)27)15-5-3-12-2-1-8-29-20(12)21(15)31/h1-11,19,31H,(H,28,30). The van der Waals surface area contributed by atoms with Crippen molar-refractivity contribution in [3.8, 4) is 5.75 Å². The number of halogens is 5. The number of nitrogens with one attached hydrogen (secondary N) is 1. The van der Waals surface area contributed by atoms with Gasteiger partial charge in [-0.15, -0.1) is 0 Å². The van der Waals surface area contributed by atoms with E-state index in [1.165, 1.54) is 30.6 Å². The number of phenols is 1. The van der Waals surface area contributed by atoms with Crippen LogP contribution < -0.4 is 5.32 Å². The van der Waals surface area contributed by atoms with Crippen LogP contribution in [-0.2, 0) is 6.18 Å². The predicted octanol–water partition coefficient (Wildman–Crippen LogP) is 6.86. The van der Waals surface area contributed by atoms with E-state index in [-0.39, 0.29) is 11.3 Å². The Morgan fingerprint density at radius 3 is 2.48 bits per heavy atom. The van der Waals surface area contributed by atoms with E-state index in [0.717, 1.165) is 6.07 Å². The molecule has 1 atom stereocenters. The van der Waals surface area contributed by atoms with Gasteiger partial charge in [0.2, 0.25) is 0 Å². The number of rotatable bonds is 4. The number of anilines is 1. The lowest BCUT2D eigenvalue weighted by Crippen LogP contribution is -2.15. The number of fused-ring (bicyclic) bond motifs is 1. The summed E-state index contributed by atoms with van der Waals surface area (Å²) in [6, 6.07) is 12.7. The monoisotopic (exact) mass is 463 g/mol. The normalized spacial score (nSPS) is 12.7. The molecule has 4 nitrogen and oxygen atoms in total. The summed E-state index contributed by atoms with van der Waals surface area (Å²) in [7, 11) is 0. The molecule has 0 aliphatic carbocycles. The number of aromatic nitrogens is 2. The summed E-state index contributed by atoms with van der Waals surface area (Å²) in [6.07, 6.45) is -1.65. The molecule has 0 saturated heterocycles. The van der Waals surface area contributed by atoms with Gasteiger partial charge in [0, 0.05) is 28.4 Å². The largest absolute Gasteiger partial charge is 0.505 e. The first kappa shape index (κ1) is 21.2. The molecule has 4 rings (SSSR count). The van der Waals surface area contributed by atoms with Gasteiger partial charge in [-0.3, -0.25) is 4.98 Å². The Labute approximate surface area is 185 Å². The summed E-state index contributed by atoms with van der Waals surface area (Å²) in [5.74, 6) is 0.169. The maximum absolute atomic E-state index is 13.5. The molecule has 0 spiro atoms. The van der Waals surface area contributed by atoms with Crippen molar-refractivity contribution >= 4 is 39.9 Å². The molecule has 2 heterocycles. The van der Waals surface area contributed by atoms with Crippen LogP contribution in [0.5, 0.6) is 5.75 Å². The van der Waals surface area contributed by atoms with Gasteiger partial charge in [0.1, 0.15) is 17.1 Å². The summed E-state index contributed by atoms with van der Waals surface area (Å²) in [6.45, 7) is 0. The topological polar surface area (TPSA) is 58.0 Å². The summed E-state index contributed by atoms with van der Waals surface area (Å²) >= 11 is 11.8. The maximum Gasteiger partial charge on any atom is 0.417 e. The van der Waals surface area contributed by atoms with Crippen LogP contribution in [0.4, 0.5) is 19.0 Å². The van der Waals surface area contributed by atoms with E-state index >= 15 is 0 Å². The first-order chi connectivity index (χ1) is 14.7. The molecule has 0 aliphatic rings. The van der Waals surface area contributed by atoms with Crippen molar-refractivity contribution in [3.05, 3.63) is 93.7 Å². The third-order valence-electron chi connectivity index (χ3n) is 4.73. The van der Waals surface area contributed by atoms with Crippen molar-refractivity contribution in [1.29, 1.82) is 0 Å². The maximum atomic E-state index is 13.5. The second-order valence-corrected chi connectivity index (χ2v) is 7.60. The van der Waals surface area contributed by atoms with Gasteiger partial charge in [-0.25, -0.2) is 4.98 Å². The second kappa shape index (κ2) is 8.24. The average Bonchev–Trinajstić information content (AvgIpc) is 2.73. The molecule has 4 aromatic rings. The van der Waals surface area contributed by atoms with Gasteiger partial charge in [0.15, 0.2) is 0 Å². The number of hydrogen-bond donors (Lipinski definition) is 2. The summed E-state index contributed by atoms with van der Waals surface area (Å²) in [5.41, 5.74) is -0.0979. The van der Waals surface area contributed by atoms with Crippen LogP contribution in [0.1, 0.15) is 22.7 Å². The van der Waals surface area contributed by atoms with Crippen molar-refractivity contribution < 1.29 is 18.3 Å². The Bertz CT molecular complexity index is 1260. The van der Waals surface area contributed by atoms with Gasteiger partial charge in [0.05, 0.1) is 16.6 Å². The lowest BCUT2D eigenvalue weighted by atomic mass is 9.95. The fourth-order valence-electron chi connectivity index (χ4n) is 3.29. The Morgan fingerprint density at radius 1 is 0.935 bits per heavy atom. The van der Waals surface area contributed by atoms with Gasteiger partial charge in [-0.2, -0.15) is 13.2 Å². The number of pyridine rings is 2. The molecule has 31 heavy (non-hydrogen) atoms. The molecular formula is C22H14Cl2F3N3O. The van der Waals surface area contributed by atoms with Crippen molar-refractivity contribution in [2.45, 2.75) is 12.2 Å². The number of alkyl halides is 3. The van der Waals surface area contributed by atoms with Crippen molar-refractivity contribution in [3.63, 3.8) is 0 Å². The van der Waals surface area contributed by atoms with Crippen LogP contribution in [0.25, 0.3) is 10.9 Å². The van der Waals surface area contributed by atoms with Gasteiger partial charge in [-0.05, 0) is 35.9 Å². The lowest BCUT2D eigenvalue weighted by molar-refractivity contribution is -0.137. The van der Waals surface area contributed by atoms with E-state index < -0.39 is 22.8 Å². The van der Waals surface area contributed by atoms with Crippen LogP contribution in [0, 0.1) is 0 Å². The van der Waals surface area contributed by atoms with Crippen molar-refractivity contribution in [1.82, 2.24) is 9.97 Å². The highest BCUT2D eigenvalue weighted by Gasteiger charge is 2.34. The molecule has 0 radical (unpaired) electrons.